The van der Waals surface area contributed by atoms with Crippen molar-refractivity contribution in [3.05, 3.63) is 51.9 Å². The highest BCUT2D eigenvalue weighted by Crippen LogP contribution is 2.22. The molecule has 1 aromatic heterocycles. The first kappa shape index (κ1) is 17.6. The van der Waals surface area contributed by atoms with Crippen LogP contribution in [0.4, 0.5) is 0 Å². The minimum absolute atomic E-state index is 0.0715. The third-order valence-electron chi connectivity index (χ3n) is 3.82. The Hall–Kier alpha value is -2.23. The lowest BCUT2D eigenvalue weighted by molar-refractivity contribution is 0.147. The minimum atomic E-state index is -3.89. The van der Waals surface area contributed by atoms with Crippen LogP contribution in [0.15, 0.2) is 40.0 Å². The lowest BCUT2D eigenvalue weighted by Gasteiger charge is -2.10. The summed E-state index contributed by atoms with van der Waals surface area (Å²) < 4.78 is 36.7. The standard InChI is InChI=1S/C16H18N2O6S/c1-11-2-4-14(5-3-11)25(21,22)23-10-13-9-18-12(6-7-19)8-15(20)17-16(18)24-13/h2-5,8,13,19H,6-7,9-10H2,1H3/t13-/m0/s1. The van der Waals surface area contributed by atoms with E-state index in [2.05, 4.69) is 4.98 Å². The Morgan fingerprint density at radius 3 is 2.76 bits per heavy atom. The molecule has 2 heterocycles. The zero-order valence-electron chi connectivity index (χ0n) is 13.6. The van der Waals surface area contributed by atoms with Crippen molar-refractivity contribution in [3.63, 3.8) is 0 Å². The molecule has 1 aliphatic rings. The number of hydrogen-bond donors (Lipinski definition) is 1. The second kappa shape index (κ2) is 6.95. The summed E-state index contributed by atoms with van der Waals surface area (Å²) in [6.45, 7) is 1.83. The van der Waals surface area contributed by atoms with Crippen LogP contribution in [0, 0.1) is 6.92 Å². The number of nitrogens with zero attached hydrogens (tertiary/aromatic N) is 2. The van der Waals surface area contributed by atoms with Gasteiger partial charge in [0, 0.05) is 24.8 Å². The van der Waals surface area contributed by atoms with Crippen molar-refractivity contribution in [3.8, 4) is 6.01 Å². The molecule has 0 unspecified atom stereocenters. The number of rotatable bonds is 6. The minimum Gasteiger partial charge on any atom is -0.457 e. The van der Waals surface area contributed by atoms with Crippen LogP contribution in [-0.4, -0.2) is 42.4 Å². The number of aromatic nitrogens is 2. The van der Waals surface area contributed by atoms with Crippen LogP contribution >= 0.6 is 0 Å². The molecule has 0 aliphatic carbocycles. The SMILES string of the molecule is Cc1ccc(S(=O)(=O)OC[C@@H]2Cn3c(CCO)cc(=O)nc3O2)cc1. The molecule has 0 spiro atoms. The van der Waals surface area contributed by atoms with Gasteiger partial charge in [0.1, 0.15) is 12.7 Å². The van der Waals surface area contributed by atoms with Crippen LogP contribution < -0.4 is 10.3 Å². The topological polar surface area (TPSA) is 108 Å². The van der Waals surface area contributed by atoms with Gasteiger partial charge in [-0.3, -0.25) is 13.5 Å². The molecule has 1 N–H and O–H groups in total. The van der Waals surface area contributed by atoms with Gasteiger partial charge in [0.2, 0.25) is 0 Å². The van der Waals surface area contributed by atoms with Crippen molar-refractivity contribution in [2.24, 2.45) is 0 Å². The summed E-state index contributed by atoms with van der Waals surface area (Å²) in [6, 6.07) is 7.78. The normalized spacial score (nSPS) is 16.5. The zero-order chi connectivity index (χ0) is 18.0. The molecule has 0 bridgehead atoms. The van der Waals surface area contributed by atoms with Gasteiger partial charge in [-0.05, 0) is 19.1 Å². The smallest absolute Gasteiger partial charge is 0.300 e. The monoisotopic (exact) mass is 366 g/mol. The first-order chi connectivity index (χ1) is 11.9. The first-order valence-corrected chi connectivity index (χ1v) is 9.14. The third kappa shape index (κ3) is 3.89. The van der Waals surface area contributed by atoms with Gasteiger partial charge in [-0.25, -0.2) is 0 Å². The van der Waals surface area contributed by atoms with Crippen molar-refractivity contribution >= 4 is 10.1 Å². The van der Waals surface area contributed by atoms with E-state index in [0.29, 0.717) is 12.2 Å². The number of aliphatic hydroxyl groups is 1. The Morgan fingerprint density at radius 2 is 2.08 bits per heavy atom. The highest BCUT2D eigenvalue weighted by molar-refractivity contribution is 7.86. The van der Waals surface area contributed by atoms with E-state index >= 15 is 0 Å². The molecule has 1 aliphatic heterocycles. The predicted molar refractivity (Wildman–Crippen MR) is 88.0 cm³/mol. The molecule has 0 amide bonds. The highest BCUT2D eigenvalue weighted by Gasteiger charge is 2.28. The molecule has 8 nitrogen and oxygen atoms in total. The molecule has 134 valence electrons. The Morgan fingerprint density at radius 1 is 1.36 bits per heavy atom. The highest BCUT2D eigenvalue weighted by atomic mass is 32.2. The van der Waals surface area contributed by atoms with Crippen LogP contribution in [-0.2, 0) is 27.3 Å². The fourth-order valence-corrected chi connectivity index (χ4v) is 3.49. The molecule has 1 atom stereocenters. The van der Waals surface area contributed by atoms with Crippen LogP contribution in [0.2, 0.25) is 0 Å². The maximum absolute atomic E-state index is 12.2. The van der Waals surface area contributed by atoms with E-state index in [1.54, 1.807) is 16.7 Å². The second-order valence-electron chi connectivity index (χ2n) is 5.74. The van der Waals surface area contributed by atoms with Crippen LogP contribution in [0.3, 0.4) is 0 Å². The molecule has 25 heavy (non-hydrogen) atoms. The molecule has 0 saturated carbocycles. The zero-order valence-corrected chi connectivity index (χ0v) is 14.4. The number of benzene rings is 1. The van der Waals surface area contributed by atoms with Crippen molar-refractivity contribution in [2.45, 2.75) is 30.9 Å². The quantitative estimate of drug-likeness (QED) is 0.730. The van der Waals surface area contributed by atoms with Gasteiger partial charge < -0.3 is 9.84 Å². The van der Waals surface area contributed by atoms with Crippen molar-refractivity contribution in [2.75, 3.05) is 13.2 Å². The van der Waals surface area contributed by atoms with Crippen molar-refractivity contribution in [1.29, 1.82) is 0 Å². The van der Waals surface area contributed by atoms with Crippen molar-refractivity contribution < 1.29 is 22.4 Å². The summed E-state index contributed by atoms with van der Waals surface area (Å²) in [5.74, 6) is 0. The lowest BCUT2D eigenvalue weighted by atomic mass is 10.2. The number of aryl methyl sites for hydroxylation is 1. The Bertz CT molecular complexity index is 921. The summed E-state index contributed by atoms with van der Waals surface area (Å²) in [5.41, 5.74) is 1.06. The molecule has 0 fully saturated rings. The summed E-state index contributed by atoms with van der Waals surface area (Å²) in [5, 5.41) is 9.08. The van der Waals surface area contributed by atoms with E-state index in [-0.39, 0.29) is 30.5 Å². The molecule has 2 aromatic rings. The fraction of sp³-hybridized carbons (Fsp3) is 0.375. The molecule has 0 radical (unpaired) electrons. The molecular weight excluding hydrogens is 348 g/mol. The van der Waals surface area contributed by atoms with Gasteiger partial charge in [-0.1, -0.05) is 17.7 Å². The molecule has 0 saturated heterocycles. The predicted octanol–water partition coefficient (Wildman–Crippen LogP) is 0.253. The van der Waals surface area contributed by atoms with Gasteiger partial charge in [0.25, 0.3) is 21.7 Å². The maximum Gasteiger partial charge on any atom is 0.300 e. The van der Waals surface area contributed by atoms with E-state index in [4.69, 9.17) is 14.0 Å². The lowest BCUT2D eigenvalue weighted by Crippen LogP contribution is -2.24. The number of fused-ring (bicyclic) bond motifs is 1. The van der Waals surface area contributed by atoms with Gasteiger partial charge in [-0.2, -0.15) is 13.4 Å². The maximum atomic E-state index is 12.2. The number of hydrogen-bond acceptors (Lipinski definition) is 7. The summed E-state index contributed by atoms with van der Waals surface area (Å²) in [4.78, 5) is 15.4. The third-order valence-corrected chi connectivity index (χ3v) is 5.11. The van der Waals surface area contributed by atoms with E-state index < -0.39 is 21.8 Å². The fourth-order valence-electron chi connectivity index (χ4n) is 2.55. The number of aliphatic hydroxyl groups excluding tert-OH is 1. The van der Waals surface area contributed by atoms with E-state index in [0.717, 1.165) is 5.56 Å². The molecular formula is C16H18N2O6S. The van der Waals surface area contributed by atoms with Gasteiger partial charge in [0.15, 0.2) is 0 Å². The van der Waals surface area contributed by atoms with E-state index in [1.165, 1.54) is 18.2 Å². The van der Waals surface area contributed by atoms with Crippen LogP contribution in [0.5, 0.6) is 6.01 Å². The number of ether oxygens (including phenoxy) is 1. The van der Waals surface area contributed by atoms with Crippen LogP contribution in [0.1, 0.15) is 11.3 Å². The Kier molecular flexibility index (Phi) is 4.89. The molecule has 9 heteroatoms. The van der Waals surface area contributed by atoms with E-state index in [1.807, 2.05) is 6.92 Å². The summed E-state index contributed by atoms with van der Waals surface area (Å²) in [6.07, 6.45) is -0.310. The Balaban J connectivity index is 1.70. The summed E-state index contributed by atoms with van der Waals surface area (Å²) >= 11 is 0. The average Bonchev–Trinajstić information content (AvgIpc) is 2.97. The van der Waals surface area contributed by atoms with Gasteiger partial charge >= 0.3 is 0 Å². The second-order valence-corrected chi connectivity index (χ2v) is 7.36. The average molecular weight is 366 g/mol. The van der Waals surface area contributed by atoms with Crippen molar-refractivity contribution in [1.82, 2.24) is 9.55 Å². The van der Waals surface area contributed by atoms with Gasteiger partial charge in [-0.15, -0.1) is 0 Å². The van der Waals surface area contributed by atoms with Gasteiger partial charge in [0.05, 0.1) is 11.4 Å². The molecule has 3 rings (SSSR count). The first-order valence-electron chi connectivity index (χ1n) is 7.73. The summed E-state index contributed by atoms with van der Waals surface area (Å²) in [7, 11) is -3.89. The van der Waals surface area contributed by atoms with E-state index in [9.17, 15) is 13.2 Å². The largest absolute Gasteiger partial charge is 0.457 e. The molecule has 1 aromatic carbocycles. The van der Waals surface area contributed by atoms with Crippen LogP contribution in [0.25, 0.3) is 0 Å². The Labute approximate surface area is 144 Å².